The molecule has 1 aliphatic carbocycles. The predicted molar refractivity (Wildman–Crippen MR) is 43.6 cm³/mol. The first-order valence-corrected chi connectivity index (χ1v) is 4.69. The minimum absolute atomic E-state index is 0.0371. The van der Waals surface area contributed by atoms with Crippen LogP contribution in [0.1, 0.15) is 32.6 Å². The van der Waals surface area contributed by atoms with Crippen molar-refractivity contribution in [1.29, 1.82) is 0 Å². The van der Waals surface area contributed by atoms with Gasteiger partial charge in [-0.25, -0.2) is 4.79 Å². The van der Waals surface area contributed by atoms with E-state index in [1.807, 2.05) is 6.92 Å². The van der Waals surface area contributed by atoms with Gasteiger partial charge in [-0.1, -0.05) is 13.3 Å². The van der Waals surface area contributed by atoms with Gasteiger partial charge >= 0.3 is 12.1 Å². The molecule has 82 valence electrons. The number of esters is 1. The van der Waals surface area contributed by atoms with Crippen LogP contribution in [0.3, 0.4) is 0 Å². The summed E-state index contributed by atoms with van der Waals surface area (Å²) in [6, 6.07) is 0. The zero-order valence-electron chi connectivity index (χ0n) is 7.93. The van der Waals surface area contributed by atoms with Gasteiger partial charge in [-0.2, -0.15) is 13.2 Å². The maximum Gasteiger partial charge on any atom is 0.490 e. The molecule has 1 rings (SSSR count). The summed E-state index contributed by atoms with van der Waals surface area (Å²) < 4.78 is 40.0. The zero-order valence-corrected chi connectivity index (χ0v) is 7.93. The SMILES string of the molecule is CC1CCCCC1OC(=O)C(F)(F)F. The van der Waals surface area contributed by atoms with Gasteiger partial charge in [-0.15, -0.1) is 0 Å². The van der Waals surface area contributed by atoms with E-state index in [-0.39, 0.29) is 5.92 Å². The summed E-state index contributed by atoms with van der Waals surface area (Å²) in [7, 11) is 0. The van der Waals surface area contributed by atoms with Gasteiger partial charge in [0, 0.05) is 0 Å². The Kier molecular flexibility index (Phi) is 3.39. The molecule has 0 aliphatic heterocycles. The second-order valence-corrected chi connectivity index (χ2v) is 3.70. The van der Waals surface area contributed by atoms with Gasteiger partial charge in [-0.05, 0) is 25.2 Å². The Hall–Kier alpha value is -0.740. The van der Waals surface area contributed by atoms with Crippen LogP contribution in [0.4, 0.5) is 13.2 Å². The molecule has 2 nitrogen and oxygen atoms in total. The van der Waals surface area contributed by atoms with Crippen molar-refractivity contribution in [3.8, 4) is 0 Å². The van der Waals surface area contributed by atoms with Gasteiger partial charge in [-0.3, -0.25) is 0 Å². The van der Waals surface area contributed by atoms with Crippen LogP contribution in [-0.4, -0.2) is 18.2 Å². The van der Waals surface area contributed by atoms with Gasteiger partial charge < -0.3 is 4.74 Å². The van der Waals surface area contributed by atoms with E-state index in [1.165, 1.54) is 0 Å². The minimum Gasteiger partial charge on any atom is -0.455 e. The molecule has 5 heteroatoms. The molecular formula is C9H13F3O2. The lowest BCUT2D eigenvalue weighted by Crippen LogP contribution is -2.34. The Bertz CT molecular complexity index is 213. The first-order chi connectivity index (χ1) is 6.41. The third kappa shape index (κ3) is 2.89. The normalized spacial score (nSPS) is 28.6. The summed E-state index contributed by atoms with van der Waals surface area (Å²) >= 11 is 0. The van der Waals surface area contributed by atoms with Gasteiger partial charge in [0.1, 0.15) is 6.10 Å². The van der Waals surface area contributed by atoms with Gasteiger partial charge in [0.2, 0.25) is 0 Å². The summed E-state index contributed by atoms with van der Waals surface area (Å²) in [4.78, 5) is 10.5. The van der Waals surface area contributed by atoms with Crippen LogP contribution in [0.15, 0.2) is 0 Å². The van der Waals surface area contributed by atoms with E-state index < -0.39 is 18.2 Å². The molecule has 0 bridgehead atoms. The molecule has 0 aromatic heterocycles. The van der Waals surface area contributed by atoms with Crippen LogP contribution in [0.2, 0.25) is 0 Å². The number of halogens is 3. The number of hydrogen-bond acceptors (Lipinski definition) is 2. The maximum atomic E-state index is 11.9. The second kappa shape index (κ2) is 4.19. The quantitative estimate of drug-likeness (QED) is 0.622. The topological polar surface area (TPSA) is 26.3 Å². The van der Waals surface area contributed by atoms with E-state index in [1.54, 1.807) is 0 Å². The van der Waals surface area contributed by atoms with E-state index >= 15 is 0 Å². The molecule has 0 N–H and O–H groups in total. The molecular weight excluding hydrogens is 197 g/mol. The molecule has 2 atom stereocenters. The molecule has 0 aromatic carbocycles. The zero-order chi connectivity index (χ0) is 10.8. The van der Waals surface area contributed by atoms with Crippen molar-refractivity contribution in [1.82, 2.24) is 0 Å². The smallest absolute Gasteiger partial charge is 0.455 e. The van der Waals surface area contributed by atoms with Crippen molar-refractivity contribution in [3.05, 3.63) is 0 Å². The fourth-order valence-corrected chi connectivity index (χ4v) is 1.66. The second-order valence-electron chi connectivity index (χ2n) is 3.70. The van der Waals surface area contributed by atoms with E-state index in [9.17, 15) is 18.0 Å². The molecule has 1 saturated carbocycles. The van der Waals surface area contributed by atoms with E-state index in [0.717, 1.165) is 19.3 Å². The number of hydrogen-bond donors (Lipinski definition) is 0. The number of carbonyl (C=O) groups excluding carboxylic acids is 1. The van der Waals surface area contributed by atoms with Crippen molar-refractivity contribution in [2.24, 2.45) is 5.92 Å². The molecule has 14 heavy (non-hydrogen) atoms. The number of alkyl halides is 3. The average molecular weight is 210 g/mol. The summed E-state index contributed by atoms with van der Waals surface area (Å²) in [5.41, 5.74) is 0. The van der Waals surface area contributed by atoms with Gasteiger partial charge in [0.25, 0.3) is 0 Å². The van der Waals surface area contributed by atoms with Gasteiger partial charge in [0.15, 0.2) is 0 Å². The monoisotopic (exact) mass is 210 g/mol. The Balaban J connectivity index is 2.46. The highest BCUT2D eigenvalue weighted by atomic mass is 19.4. The molecule has 0 spiro atoms. The van der Waals surface area contributed by atoms with Crippen LogP contribution >= 0.6 is 0 Å². The summed E-state index contributed by atoms with van der Waals surface area (Å²) in [6.07, 6.45) is -2.21. The highest BCUT2D eigenvalue weighted by molar-refractivity contribution is 5.75. The number of carbonyl (C=O) groups is 1. The third-order valence-electron chi connectivity index (χ3n) is 2.52. The lowest BCUT2D eigenvalue weighted by Gasteiger charge is -2.28. The van der Waals surface area contributed by atoms with Crippen molar-refractivity contribution in [3.63, 3.8) is 0 Å². The molecule has 1 aliphatic rings. The van der Waals surface area contributed by atoms with Crippen molar-refractivity contribution in [2.75, 3.05) is 0 Å². The largest absolute Gasteiger partial charge is 0.490 e. The lowest BCUT2D eigenvalue weighted by atomic mass is 9.88. The van der Waals surface area contributed by atoms with Crippen LogP contribution in [0.5, 0.6) is 0 Å². The fourth-order valence-electron chi connectivity index (χ4n) is 1.66. The van der Waals surface area contributed by atoms with Gasteiger partial charge in [0.05, 0.1) is 0 Å². The van der Waals surface area contributed by atoms with E-state index in [0.29, 0.717) is 6.42 Å². The molecule has 0 saturated heterocycles. The standard InChI is InChI=1S/C9H13F3O2/c1-6-4-2-3-5-7(6)14-8(13)9(10,11)12/h6-7H,2-5H2,1H3. The molecule has 0 heterocycles. The maximum absolute atomic E-state index is 11.9. The fraction of sp³-hybridized carbons (Fsp3) is 0.889. The highest BCUT2D eigenvalue weighted by Crippen LogP contribution is 2.28. The van der Waals surface area contributed by atoms with Crippen LogP contribution in [-0.2, 0) is 9.53 Å². The highest BCUT2D eigenvalue weighted by Gasteiger charge is 2.43. The molecule has 2 unspecified atom stereocenters. The van der Waals surface area contributed by atoms with E-state index in [2.05, 4.69) is 4.74 Å². The van der Waals surface area contributed by atoms with Crippen LogP contribution in [0, 0.1) is 5.92 Å². The Morgan fingerprint density at radius 2 is 1.86 bits per heavy atom. The minimum atomic E-state index is -4.86. The summed E-state index contributed by atoms with van der Waals surface area (Å²) in [5, 5.41) is 0. The van der Waals surface area contributed by atoms with Crippen LogP contribution < -0.4 is 0 Å². The van der Waals surface area contributed by atoms with E-state index in [4.69, 9.17) is 0 Å². The molecule has 0 amide bonds. The first-order valence-electron chi connectivity index (χ1n) is 4.69. The summed E-state index contributed by atoms with van der Waals surface area (Å²) in [6.45, 7) is 1.81. The predicted octanol–water partition coefficient (Wildman–Crippen LogP) is 2.67. The number of rotatable bonds is 1. The molecule has 0 radical (unpaired) electrons. The van der Waals surface area contributed by atoms with Crippen molar-refractivity contribution in [2.45, 2.75) is 44.9 Å². The molecule has 0 aromatic rings. The molecule has 1 fully saturated rings. The van der Waals surface area contributed by atoms with Crippen molar-refractivity contribution >= 4 is 5.97 Å². The lowest BCUT2D eigenvalue weighted by molar-refractivity contribution is -0.208. The summed E-state index contributed by atoms with van der Waals surface area (Å²) in [5.74, 6) is -2.02. The Labute approximate surface area is 80.4 Å². The first kappa shape index (κ1) is 11.3. The van der Waals surface area contributed by atoms with Crippen molar-refractivity contribution < 1.29 is 22.7 Å². The van der Waals surface area contributed by atoms with Crippen LogP contribution in [0.25, 0.3) is 0 Å². The third-order valence-corrected chi connectivity index (χ3v) is 2.52. The average Bonchev–Trinajstić information content (AvgIpc) is 2.07. The Morgan fingerprint density at radius 1 is 1.29 bits per heavy atom. The number of ether oxygens (including phenoxy) is 1. The Morgan fingerprint density at radius 3 is 2.36 bits per heavy atom.